The molecule has 1 heterocycles. The number of aryl methyl sites for hydroxylation is 2. The van der Waals surface area contributed by atoms with Gasteiger partial charge in [0.15, 0.2) is 5.75 Å². The third-order valence-electron chi connectivity index (χ3n) is 3.34. The lowest BCUT2D eigenvalue weighted by atomic mass is 10.2. The molecule has 134 valence electrons. The van der Waals surface area contributed by atoms with Crippen LogP contribution >= 0.6 is 0 Å². The number of H-pyrrole nitrogens is 1. The molecule has 0 bridgehead atoms. The first kappa shape index (κ1) is 18.5. The zero-order valence-electron chi connectivity index (χ0n) is 13.9. The van der Waals surface area contributed by atoms with Gasteiger partial charge >= 0.3 is 16.1 Å². The summed E-state index contributed by atoms with van der Waals surface area (Å²) in [4.78, 5) is 14.8. The molecule has 0 spiro atoms. The smallest absolute Gasteiger partial charge is 0.343 e. The van der Waals surface area contributed by atoms with Gasteiger partial charge in [0.2, 0.25) is 0 Å². The number of carbonyl (C=O) groups excluding carboxylic acids is 1. The standard InChI is InChI=1S/C16H18N2O6S/c1-4-23-16(19)14-11(3)18-13(9-17-20)15(14)24-25(21,22)12-7-5-10(2)6-8-12/h5-9,18,20H,4H2,1-3H3/b17-9+. The van der Waals surface area contributed by atoms with Crippen molar-refractivity contribution in [3.63, 3.8) is 0 Å². The van der Waals surface area contributed by atoms with E-state index in [1.807, 2.05) is 6.92 Å². The molecule has 25 heavy (non-hydrogen) atoms. The van der Waals surface area contributed by atoms with Crippen molar-refractivity contribution in [1.29, 1.82) is 0 Å². The van der Waals surface area contributed by atoms with Gasteiger partial charge in [-0.1, -0.05) is 22.9 Å². The van der Waals surface area contributed by atoms with Crippen molar-refractivity contribution in [3.8, 4) is 5.75 Å². The van der Waals surface area contributed by atoms with Crippen LogP contribution in [0, 0.1) is 13.8 Å². The minimum absolute atomic E-state index is 0.0266. The normalized spacial score (nSPS) is 11.6. The van der Waals surface area contributed by atoms with E-state index in [-0.39, 0.29) is 28.5 Å². The van der Waals surface area contributed by atoms with E-state index in [1.165, 1.54) is 12.1 Å². The van der Waals surface area contributed by atoms with Gasteiger partial charge in [-0.05, 0) is 32.9 Å². The quantitative estimate of drug-likeness (QED) is 0.266. The predicted octanol–water partition coefficient (Wildman–Crippen LogP) is 2.38. The van der Waals surface area contributed by atoms with Gasteiger partial charge in [-0.2, -0.15) is 8.42 Å². The molecule has 2 aromatic rings. The Morgan fingerprint density at radius 1 is 1.28 bits per heavy atom. The van der Waals surface area contributed by atoms with Crippen LogP contribution in [0.3, 0.4) is 0 Å². The summed E-state index contributed by atoms with van der Waals surface area (Å²) >= 11 is 0. The van der Waals surface area contributed by atoms with Crippen LogP contribution in [0.15, 0.2) is 34.3 Å². The molecule has 0 fully saturated rings. The molecule has 0 aliphatic rings. The molecule has 0 radical (unpaired) electrons. The molecule has 0 aliphatic heterocycles. The molecule has 0 amide bonds. The average Bonchev–Trinajstić information content (AvgIpc) is 2.83. The van der Waals surface area contributed by atoms with E-state index in [2.05, 4.69) is 10.1 Å². The van der Waals surface area contributed by atoms with Gasteiger partial charge in [-0.3, -0.25) is 0 Å². The Labute approximate surface area is 145 Å². The number of carbonyl (C=O) groups is 1. The monoisotopic (exact) mass is 366 g/mol. The summed E-state index contributed by atoms with van der Waals surface area (Å²) in [5.74, 6) is -1.03. The fraction of sp³-hybridized carbons (Fsp3) is 0.250. The van der Waals surface area contributed by atoms with Crippen LogP contribution in [0.2, 0.25) is 0 Å². The summed E-state index contributed by atoms with van der Waals surface area (Å²) in [6.07, 6.45) is 0.940. The molecule has 9 heteroatoms. The van der Waals surface area contributed by atoms with Crippen LogP contribution < -0.4 is 4.18 Å². The van der Waals surface area contributed by atoms with E-state index >= 15 is 0 Å². The Morgan fingerprint density at radius 2 is 1.92 bits per heavy atom. The third kappa shape index (κ3) is 4.00. The average molecular weight is 366 g/mol. The minimum atomic E-state index is -4.20. The lowest BCUT2D eigenvalue weighted by Crippen LogP contribution is -2.14. The Hall–Kier alpha value is -2.81. The number of rotatable bonds is 6. The van der Waals surface area contributed by atoms with Crippen molar-refractivity contribution in [2.75, 3.05) is 6.61 Å². The third-order valence-corrected chi connectivity index (χ3v) is 4.57. The molecule has 0 unspecified atom stereocenters. The van der Waals surface area contributed by atoms with Crippen LogP contribution in [0.5, 0.6) is 5.75 Å². The molecule has 8 nitrogen and oxygen atoms in total. The summed E-state index contributed by atoms with van der Waals surface area (Å²) in [6, 6.07) is 6.05. The second-order valence-electron chi connectivity index (χ2n) is 5.18. The number of nitrogens with one attached hydrogen (secondary N) is 1. The zero-order chi connectivity index (χ0) is 18.6. The Bertz CT molecular complexity index is 897. The van der Waals surface area contributed by atoms with E-state index < -0.39 is 16.1 Å². The van der Waals surface area contributed by atoms with Crippen molar-refractivity contribution in [2.24, 2.45) is 5.16 Å². The van der Waals surface area contributed by atoms with E-state index in [0.29, 0.717) is 5.69 Å². The van der Waals surface area contributed by atoms with Crippen molar-refractivity contribution in [1.82, 2.24) is 4.98 Å². The summed E-state index contributed by atoms with van der Waals surface area (Å²) < 4.78 is 35.1. The highest BCUT2D eigenvalue weighted by molar-refractivity contribution is 7.87. The van der Waals surface area contributed by atoms with Crippen LogP contribution in [-0.4, -0.2) is 37.4 Å². The van der Waals surface area contributed by atoms with E-state index in [0.717, 1.165) is 11.8 Å². The van der Waals surface area contributed by atoms with Crippen LogP contribution in [0.1, 0.15) is 34.2 Å². The molecule has 0 aliphatic carbocycles. The SMILES string of the molecule is CCOC(=O)c1c(C)[nH]c(/C=N/O)c1OS(=O)(=O)c1ccc(C)cc1. The molecule has 2 N–H and O–H groups in total. The van der Waals surface area contributed by atoms with E-state index in [9.17, 15) is 13.2 Å². The van der Waals surface area contributed by atoms with Gasteiger partial charge in [0.25, 0.3) is 0 Å². The Kier molecular flexibility index (Phi) is 5.48. The Morgan fingerprint density at radius 3 is 2.48 bits per heavy atom. The van der Waals surface area contributed by atoms with Gasteiger partial charge in [0.1, 0.15) is 16.2 Å². The first-order valence-corrected chi connectivity index (χ1v) is 8.79. The molecule has 1 aromatic heterocycles. The number of esters is 1. The fourth-order valence-electron chi connectivity index (χ4n) is 2.17. The van der Waals surface area contributed by atoms with E-state index in [1.54, 1.807) is 26.0 Å². The van der Waals surface area contributed by atoms with Gasteiger partial charge in [0, 0.05) is 5.69 Å². The molecule has 0 saturated carbocycles. The van der Waals surface area contributed by atoms with E-state index in [4.69, 9.17) is 14.1 Å². The molecule has 1 aromatic carbocycles. The first-order chi connectivity index (χ1) is 11.8. The van der Waals surface area contributed by atoms with Crippen molar-refractivity contribution < 1.29 is 27.3 Å². The van der Waals surface area contributed by atoms with Crippen LogP contribution in [0.4, 0.5) is 0 Å². The highest BCUT2D eigenvalue weighted by Gasteiger charge is 2.28. The van der Waals surface area contributed by atoms with Gasteiger partial charge in [-0.25, -0.2) is 4.79 Å². The van der Waals surface area contributed by atoms with Crippen LogP contribution in [-0.2, 0) is 14.9 Å². The molecular formula is C16H18N2O6S. The number of ether oxygens (including phenoxy) is 1. The second kappa shape index (κ2) is 7.39. The molecule has 0 atom stereocenters. The molecule has 0 saturated heterocycles. The summed E-state index contributed by atoms with van der Waals surface area (Å²) in [5, 5.41) is 11.6. The number of aromatic amines is 1. The molecular weight excluding hydrogens is 348 g/mol. The minimum Gasteiger partial charge on any atom is -0.462 e. The largest absolute Gasteiger partial charge is 0.462 e. The van der Waals surface area contributed by atoms with Gasteiger partial charge in [-0.15, -0.1) is 0 Å². The fourth-order valence-corrected chi connectivity index (χ4v) is 3.13. The maximum absolute atomic E-state index is 12.5. The van der Waals surface area contributed by atoms with Crippen LogP contribution in [0.25, 0.3) is 0 Å². The van der Waals surface area contributed by atoms with Gasteiger partial charge < -0.3 is 19.1 Å². The van der Waals surface area contributed by atoms with Crippen molar-refractivity contribution in [3.05, 3.63) is 46.8 Å². The summed E-state index contributed by atoms with van der Waals surface area (Å²) in [7, 11) is -4.20. The number of oxime groups is 1. The number of hydrogen-bond acceptors (Lipinski definition) is 7. The number of aromatic nitrogens is 1. The highest BCUT2D eigenvalue weighted by Crippen LogP contribution is 2.30. The number of benzene rings is 1. The Balaban J connectivity index is 2.53. The summed E-state index contributed by atoms with van der Waals surface area (Å²) in [6.45, 7) is 5.10. The van der Waals surface area contributed by atoms with Crippen molar-refractivity contribution >= 4 is 22.3 Å². The maximum Gasteiger partial charge on any atom is 0.343 e. The second-order valence-corrected chi connectivity index (χ2v) is 6.73. The van der Waals surface area contributed by atoms with Gasteiger partial charge in [0.05, 0.1) is 12.8 Å². The lowest BCUT2D eigenvalue weighted by Gasteiger charge is -2.09. The van der Waals surface area contributed by atoms with Crippen molar-refractivity contribution in [2.45, 2.75) is 25.7 Å². The predicted molar refractivity (Wildman–Crippen MR) is 89.9 cm³/mol. The molecule has 2 rings (SSSR count). The highest BCUT2D eigenvalue weighted by atomic mass is 32.2. The first-order valence-electron chi connectivity index (χ1n) is 7.38. The topological polar surface area (TPSA) is 118 Å². The maximum atomic E-state index is 12.5. The zero-order valence-corrected chi connectivity index (χ0v) is 14.8. The number of nitrogens with zero attached hydrogens (tertiary/aromatic N) is 1. The lowest BCUT2D eigenvalue weighted by molar-refractivity contribution is 0.0524. The number of hydrogen-bond donors (Lipinski definition) is 2. The summed E-state index contributed by atoms with van der Waals surface area (Å²) in [5.41, 5.74) is 1.16.